The summed E-state index contributed by atoms with van der Waals surface area (Å²) in [6, 6.07) is 0.497. The third-order valence-corrected chi connectivity index (χ3v) is 3.07. The molecule has 0 aromatic carbocycles. The zero-order chi connectivity index (χ0) is 13.7. The molecule has 104 valence electrons. The smallest absolute Gasteiger partial charge is 0.146 e. The van der Waals surface area contributed by atoms with E-state index in [0.717, 1.165) is 24.7 Å². The minimum absolute atomic E-state index is 0.497. The Kier molecular flexibility index (Phi) is 5.75. The molecule has 0 aliphatic heterocycles. The molecular formula is C13H27N5. The molecule has 1 N–H and O–H groups in total. The zero-order valence-electron chi connectivity index (χ0n) is 12.6. The van der Waals surface area contributed by atoms with Crippen LogP contribution in [0.1, 0.15) is 31.9 Å². The van der Waals surface area contributed by atoms with Crippen molar-refractivity contribution in [2.45, 2.75) is 39.8 Å². The van der Waals surface area contributed by atoms with Crippen LogP contribution in [0.3, 0.4) is 0 Å². The molecule has 1 aromatic heterocycles. The van der Waals surface area contributed by atoms with Gasteiger partial charge in [-0.05, 0) is 33.4 Å². The predicted molar refractivity (Wildman–Crippen MR) is 74.4 cm³/mol. The summed E-state index contributed by atoms with van der Waals surface area (Å²) in [6.07, 6.45) is 1.18. The molecule has 0 saturated carbocycles. The Bertz CT molecular complexity index is 346. The number of nitrogens with zero attached hydrogens (tertiary/aromatic N) is 4. The van der Waals surface area contributed by atoms with Crippen LogP contribution in [0.15, 0.2) is 0 Å². The number of rotatable bonds is 7. The van der Waals surface area contributed by atoms with E-state index in [1.54, 1.807) is 0 Å². The lowest BCUT2D eigenvalue weighted by molar-refractivity contribution is 0.302. The fourth-order valence-electron chi connectivity index (χ4n) is 2.07. The van der Waals surface area contributed by atoms with Crippen molar-refractivity contribution in [2.24, 2.45) is 13.0 Å². The fourth-order valence-corrected chi connectivity index (χ4v) is 2.07. The second kappa shape index (κ2) is 6.85. The Balaban J connectivity index is 2.53. The average Bonchev–Trinajstić information content (AvgIpc) is 2.55. The van der Waals surface area contributed by atoms with E-state index < -0.39 is 0 Å². The van der Waals surface area contributed by atoms with Crippen LogP contribution in [-0.2, 0) is 13.6 Å². The topological polar surface area (TPSA) is 46.0 Å². The maximum Gasteiger partial charge on any atom is 0.146 e. The number of hydrogen-bond donors (Lipinski definition) is 1. The monoisotopic (exact) mass is 253 g/mol. The molecule has 5 heteroatoms. The molecule has 0 aliphatic rings. The van der Waals surface area contributed by atoms with Crippen LogP contribution < -0.4 is 5.32 Å². The van der Waals surface area contributed by atoms with Gasteiger partial charge in [-0.2, -0.15) is 0 Å². The molecule has 0 radical (unpaired) electrons. The van der Waals surface area contributed by atoms with Gasteiger partial charge in [0, 0.05) is 19.6 Å². The number of likely N-dealkylation sites (N-methyl/N-ethyl adjacent to an activating group) is 1. The standard InChI is InChI=1S/C13H27N5/c1-10(2)7-12(9-17(4)5)14-8-13-16-15-11(3)18(13)6/h10,12,14H,7-9H2,1-6H3. The quantitative estimate of drug-likeness (QED) is 0.793. The van der Waals surface area contributed by atoms with Crippen molar-refractivity contribution in [3.05, 3.63) is 11.6 Å². The van der Waals surface area contributed by atoms with Crippen molar-refractivity contribution in [1.82, 2.24) is 25.0 Å². The Labute approximate surface area is 111 Å². The van der Waals surface area contributed by atoms with Crippen molar-refractivity contribution in [3.8, 4) is 0 Å². The van der Waals surface area contributed by atoms with Gasteiger partial charge >= 0.3 is 0 Å². The maximum absolute atomic E-state index is 4.18. The number of nitrogens with one attached hydrogen (secondary N) is 1. The summed E-state index contributed by atoms with van der Waals surface area (Å²) in [5, 5.41) is 11.8. The molecule has 0 fully saturated rings. The molecule has 1 atom stereocenters. The first-order chi connectivity index (χ1) is 8.40. The van der Waals surface area contributed by atoms with Crippen LogP contribution >= 0.6 is 0 Å². The van der Waals surface area contributed by atoms with E-state index in [-0.39, 0.29) is 0 Å². The van der Waals surface area contributed by atoms with E-state index in [1.807, 2.05) is 18.5 Å². The van der Waals surface area contributed by atoms with Gasteiger partial charge in [0.1, 0.15) is 11.6 Å². The lowest BCUT2D eigenvalue weighted by Gasteiger charge is -2.23. The van der Waals surface area contributed by atoms with E-state index in [4.69, 9.17) is 0 Å². The van der Waals surface area contributed by atoms with Crippen LogP contribution in [-0.4, -0.2) is 46.3 Å². The molecule has 18 heavy (non-hydrogen) atoms. The first-order valence-electron chi connectivity index (χ1n) is 6.63. The lowest BCUT2D eigenvalue weighted by atomic mass is 10.0. The van der Waals surface area contributed by atoms with Crippen LogP contribution in [0.25, 0.3) is 0 Å². The normalized spacial score (nSPS) is 13.6. The number of aryl methyl sites for hydroxylation is 1. The molecule has 1 heterocycles. The molecule has 0 spiro atoms. The van der Waals surface area contributed by atoms with Crippen molar-refractivity contribution >= 4 is 0 Å². The fraction of sp³-hybridized carbons (Fsp3) is 0.846. The summed E-state index contributed by atoms with van der Waals surface area (Å²) in [4.78, 5) is 2.22. The SMILES string of the molecule is Cc1nnc(CNC(CC(C)C)CN(C)C)n1C. The van der Waals surface area contributed by atoms with E-state index in [1.165, 1.54) is 6.42 Å². The third kappa shape index (κ3) is 4.74. The highest BCUT2D eigenvalue weighted by Gasteiger charge is 2.13. The van der Waals surface area contributed by atoms with Gasteiger partial charge in [-0.3, -0.25) is 0 Å². The molecule has 0 aliphatic carbocycles. The van der Waals surface area contributed by atoms with Gasteiger partial charge in [-0.25, -0.2) is 0 Å². The van der Waals surface area contributed by atoms with Gasteiger partial charge in [0.2, 0.25) is 0 Å². The highest BCUT2D eigenvalue weighted by molar-refractivity contribution is 4.92. The van der Waals surface area contributed by atoms with Crippen molar-refractivity contribution < 1.29 is 0 Å². The number of aromatic nitrogens is 3. The van der Waals surface area contributed by atoms with E-state index in [0.29, 0.717) is 12.0 Å². The van der Waals surface area contributed by atoms with Gasteiger partial charge in [-0.1, -0.05) is 13.8 Å². The van der Waals surface area contributed by atoms with E-state index in [2.05, 4.69) is 48.4 Å². The van der Waals surface area contributed by atoms with Crippen LogP contribution in [0.2, 0.25) is 0 Å². The van der Waals surface area contributed by atoms with Gasteiger partial charge in [0.15, 0.2) is 0 Å². The average molecular weight is 253 g/mol. The van der Waals surface area contributed by atoms with Gasteiger partial charge in [-0.15, -0.1) is 10.2 Å². The van der Waals surface area contributed by atoms with E-state index >= 15 is 0 Å². The molecule has 1 rings (SSSR count). The summed E-state index contributed by atoms with van der Waals surface area (Å²) in [7, 11) is 6.23. The summed E-state index contributed by atoms with van der Waals surface area (Å²) >= 11 is 0. The summed E-state index contributed by atoms with van der Waals surface area (Å²) < 4.78 is 2.04. The zero-order valence-corrected chi connectivity index (χ0v) is 12.6. The van der Waals surface area contributed by atoms with Crippen LogP contribution in [0.5, 0.6) is 0 Å². The Hall–Kier alpha value is -0.940. The highest BCUT2D eigenvalue weighted by Crippen LogP contribution is 2.07. The van der Waals surface area contributed by atoms with Crippen molar-refractivity contribution in [2.75, 3.05) is 20.6 Å². The predicted octanol–water partition coefficient (Wildman–Crippen LogP) is 1.19. The molecular weight excluding hydrogens is 226 g/mol. The first kappa shape index (κ1) is 15.1. The molecule has 1 unspecified atom stereocenters. The molecule has 0 amide bonds. The second-order valence-corrected chi connectivity index (χ2v) is 5.69. The number of hydrogen-bond acceptors (Lipinski definition) is 4. The Morgan fingerprint density at radius 3 is 2.39 bits per heavy atom. The largest absolute Gasteiger partial charge is 0.317 e. The minimum atomic E-state index is 0.497. The summed E-state index contributed by atoms with van der Waals surface area (Å²) in [5.41, 5.74) is 0. The van der Waals surface area contributed by atoms with Crippen molar-refractivity contribution in [3.63, 3.8) is 0 Å². The van der Waals surface area contributed by atoms with Crippen LogP contribution in [0.4, 0.5) is 0 Å². The Morgan fingerprint density at radius 2 is 1.94 bits per heavy atom. The molecule has 0 saturated heterocycles. The van der Waals surface area contributed by atoms with Crippen LogP contribution in [0, 0.1) is 12.8 Å². The van der Waals surface area contributed by atoms with Crippen molar-refractivity contribution in [1.29, 1.82) is 0 Å². The molecule has 1 aromatic rings. The van der Waals surface area contributed by atoms with Gasteiger partial charge in [0.25, 0.3) is 0 Å². The highest BCUT2D eigenvalue weighted by atomic mass is 15.3. The third-order valence-electron chi connectivity index (χ3n) is 3.07. The van der Waals surface area contributed by atoms with E-state index in [9.17, 15) is 0 Å². The molecule has 0 bridgehead atoms. The molecule has 5 nitrogen and oxygen atoms in total. The lowest BCUT2D eigenvalue weighted by Crippen LogP contribution is -2.39. The second-order valence-electron chi connectivity index (χ2n) is 5.69. The maximum atomic E-state index is 4.18. The van der Waals surface area contributed by atoms with Gasteiger partial charge in [0.05, 0.1) is 6.54 Å². The first-order valence-corrected chi connectivity index (χ1v) is 6.63. The van der Waals surface area contributed by atoms with Gasteiger partial charge < -0.3 is 14.8 Å². The Morgan fingerprint density at radius 1 is 1.28 bits per heavy atom. The minimum Gasteiger partial charge on any atom is -0.317 e. The summed E-state index contributed by atoms with van der Waals surface area (Å²) in [5.74, 6) is 2.66. The summed E-state index contributed by atoms with van der Waals surface area (Å²) in [6.45, 7) is 8.33.